The second-order valence-corrected chi connectivity index (χ2v) is 8.76. The third-order valence-corrected chi connectivity index (χ3v) is 6.69. The van der Waals surface area contributed by atoms with Crippen molar-refractivity contribution in [3.63, 3.8) is 0 Å². The van der Waals surface area contributed by atoms with Crippen LogP contribution in [0.5, 0.6) is 0 Å². The number of ether oxygens (including phenoxy) is 1. The van der Waals surface area contributed by atoms with Gasteiger partial charge in [0, 0.05) is 31.1 Å². The molecule has 8 nitrogen and oxygen atoms in total. The first kappa shape index (κ1) is 22.2. The fourth-order valence-corrected chi connectivity index (χ4v) is 4.67. The number of hydrogen-bond acceptors (Lipinski definition) is 6. The van der Waals surface area contributed by atoms with Crippen molar-refractivity contribution in [3.05, 3.63) is 71.4 Å². The van der Waals surface area contributed by atoms with E-state index in [1.54, 1.807) is 11.9 Å². The van der Waals surface area contributed by atoms with Gasteiger partial charge < -0.3 is 9.64 Å². The summed E-state index contributed by atoms with van der Waals surface area (Å²) in [5.41, 5.74) is 5.31. The van der Waals surface area contributed by atoms with E-state index in [9.17, 15) is 9.59 Å². The first-order valence-electron chi connectivity index (χ1n) is 11.6. The molecule has 0 bridgehead atoms. The van der Waals surface area contributed by atoms with E-state index in [1.165, 1.54) is 16.0 Å². The Labute approximate surface area is 199 Å². The maximum absolute atomic E-state index is 13.5. The Morgan fingerprint density at radius 3 is 2.50 bits per heavy atom. The summed E-state index contributed by atoms with van der Waals surface area (Å²) in [5.74, 6) is 0.397. The Balaban J connectivity index is 1.57. The lowest BCUT2D eigenvalue weighted by molar-refractivity contribution is -0.137. The van der Waals surface area contributed by atoms with Crippen LogP contribution in [0.4, 0.5) is 10.5 Å². The van der Waals surface area contributed by atoms with E-state index in [4.69, 9.17) is 9.73 Å². The Morgan fingerprint density at radius 1 is 1.03 bits per heavy atom. The fourth-order valence-electron chi connectivity index (χ4n) is 4.67. The highest BCUT2D eigenvalue weighted by atomic mass is 16.5. The molecule has 1 saturated heterocycles. The Kier molecular flexibility index (Phi) is 5.61. The van der Waals surface area contributed by atoms with Crippen molar-refractivity contribution in [1.82, 2.24) is 14.7 Å². The number of rotatable bonds is 6. The van der Waals surface area contributed by atoms with Gasteiger partial charge in [0.15, 0.2) is 12.2 Å². The number of imide groups is 1. The number of guanidine groups is 1. The lowest BCUT2D eigenvalue weighted by Gasteiger charge is -2.40. The van der Waals surface area contributed by atoms with Gasteiger partial charge in [-0.05, 0) is 44.0 Å². The smallest absolute Gasteiger partial charge is 0.328 e. The minimum atomic E-state index is -0.616. The monoisotopic (exact) mass is 459 g/mol. The first-order chi connectivity index (χ1) is 16.4. The summed E-state index contributed by atoms with van der Waals surface area (Å²) in [6, 6.07) is 15.4. The SMILES string of the molecule is CCOCCN1C(=O)C2C(N=C3N(c4ccc(C)c(C)c4)C(c4ccccc4)=CN32)N(C)C1=O. The topological polar surface area (TPSA) is 68.7 Å². The van der Waals surface area contributed by atoms with E-state index in [0.29, 0.717) is 19.2 Å². The highest BCUT2D eigenvalue weighted by Crippen LogP contribution is 2.40. The second kappa shape index (κ2) is 8.61. The number of aliphatic imine (C=N–C) groups is 1. The van der Waals surface area contributed by atoms with Gasteiger partial charge in [-0.1, -0.05) is 36.4 Å². The molecular weight excluding hydrogens is 430 g/mol. The predicted octanol–water partition coefficient (Wildman–Crippen LogP) is 3.42. The van der Waals surface area contributed by atoms with Crippen molar-refractivity contribution in [1.29, 1.82) is 0 Å². The van der Waals surface area contributed by atoms with Crippen molar-refractivity contribution in [3.8, 4) is 0 Å². The fraction of sp³-hybridized carbons (Fsp3) is 0.346. The van der Waals surface area contributed by atoms with Crippen LogP contribution in [0, 0.1) is 13.8 Å². The minimum Gasteiger partial charge on any atom is -0.380 e. The molecule has 0 spiro atoms. The average molecular weight is 460 g/mol. The molecule has 0 aromatic heterocycles. The van der Waals surface area contributed by atoms with Crippen molar-refractivity contribution in [2.24, 2.45) is 4.99 Å². The zero-order chi connectivity index (χ0) is 24.0. The molecule has 3 aliphatic heterocycles. The molecule has 3 heterocycles. The largest absolute Gasteiger partial charge is 0.380 e. The molecule has 0 N–H and O–H groups in total. The molecule has 0 radical (unpaired) electrons. The Morgan fingerprint density at radius 2 is 1.79 bits per heavy atom. The van der Waals surface area contributed by atoms with Crippen LogP contribution in [0.15, 0.2) is 59.7 Å². The lowest BCUT2D eigenvalue weighted by Crippen LogP contribution is -2.64. The van der Waals surface area contributed by atoms with E-state index in [0.717, 1.165) is 16.9 Å². The maximum Gasteiger partial charge on any atom is 0.328 e. The van der Waals surface area contributed by atoms with E-state index < -0.39 is 12.2 Å². The third-order valence-electron chi connectivity index (χ3n) is 6.69. The zero-order valence-corrected chi connectivity index (χ0v) is 19.9. The Bertz CT molecular complexity index is 1190. The third kappa shape index (κ3) is 3.45. The summed E-state index contributed by atoms with van der Waals surface area (Å²) in [6.07, 6.45) is 1.40. The van der Waals surface area contributed by atoms with Crippen LogP contribution in [0.1, 0.15) is 23.6 Å². The van der Waals surface area contributed by atoms with E-state index >= 15 is 0 Å². The number of carbonyl (C=O) groups excluding carboxylic acids is 2. The number of carbonyl (C=O) groups is 2. The molecule has 8 heteroatoms. The molecule has 2 aromatic rings. The van der Waals surface area contributed by atoms with E-state index in [1.807, 2.05) is 48.4 Å². The van der Waals surface area contributed by atoms with Gasteiger partial charge in [-0.15, -0.1) is 0 Å². The Hall–Kier alpha value is -3.65. The summed E-state index contributed by atoms with van der Waals surface area (Å²) in [5, 5.41) is 0. The van der Waals surface area contributed by atoms with E-state index in [-0.39, 0.29) is 18.5 Å². The summed E-state index contributed by atoms with van der Waals surface area (Å²) < 4.78 is 5.41. The molecule has 34 heavy (non-hydrogen) atoms. The summed E-state index contributed by atoms with van der Waals surface area (Å²) >= 11 is 0. The number of amides is 3. The van der Waals surface area contributed by atoms with Gasteiger partial charge in [-0.25, -0.2) is 9.79 Å². The van der Waals surface area contributed by atoms with E-state index in [2.05, 4.69) is 36.9 Å². The van der Waals surface area contributed by atoms with Gasteiger partial charge in [0.05, 0.1) is 18.8 Å². The van der Waals surface area contributed by atoms with Gasteiger partial charge in [-0.2, -0.15) is 0 Å². The molecule has 2 atom stereocenters. The highest BCUT2D eigenvalue weighted by molar-refractivity contribution is 6.16. The van der Waals surface area contributed by atoms with Gasteiger partial charge in [0.2, 0.25) is 5.96 Å². The molecular formula is C26H29N5O3. The molecule has 1 fully saturated rings. The van der Waals surface area contributed by atoms with Gasteiger partial charge in [0.1, 0.15) is 0 Å². The predicted molar refractivity (Wildman–Crippen MR) is 131 cm³/mol. The lowest BCUT2D eigenvalue weighted by atomic mass is 10.1. The maximum atomic E-state index is 13.5. The molecule has 3 aliphatic rings. The van der Waals surface area contributed by atoms with Crippen molar-refractivity contribution in [2.75, 3.05) is 31.7 Å². The molecule has 0 aliphatic carbocycles. The first-order valence-corrected chi connectivity index (χ1v) is 11.6. The standard InChI is InChI=1S/C26H29N5O3/c1-5-34-14-13-29-24(32)22-23(28(4)26(29)33)27-25-30(22)16-21(19-9-7-6-8-10-19)31(25)20-12-11-17(2)18(3)15-20/h6-12,15-16,22-23H,5,13-14H2,1-4H3. The number of benzene rings is 2. The molecule has 2 aromatic carbocycles. The van der Waals surface area contributed by atoms with Crippen LogP contribution in [0.2, 0.25) is 0 Å². The van der Waals surface area contributed by atoms with Crippen LogP contribution in [0.3, 0.4) is 0 Å². The quantitative estimate of drug-likeness (QED) is 0.620. The van der Waals surface area contributed by atoms with Crippen LogP contribution in [-0.4, -0.2) is 71.6 Å². The molecule has 5 rings (SSSR count). The number of urea groups is 1. The number of aryl methyl sites for hydroxylation is 2. The highest BCUT2D eigenvalue weighted by Gasteiger charge is 2.54. The second-order valence-electron chi connectivity index (χ2n) is 8.76. The minimum absolute atomic E-state index is 0.221. The van der Waals surface area contributed by atoms with Crippen molar-refractivity contribution >= 4 is 29.3 Å². The molecule has 2 unspecified atom stereocenters. The number of hydrogen-bond donors (Lipinski definition) is 0. The van der Waals surface area contributed by atoms with Crippen LogP contribution < -0.4 is 4.90 Å². The number of anilines is 1. The average Bonchev–Trinajstić information content (AvgIpc) is 3.39. The van der Waals surface area contributed by atoms with Gasteiger partial charge >= 0.3 is 6.03 Å². The normalized spacial score (nSPS) is 21.6. The van der Waals surface area contributed by atoms with Crippen molar-refractivity contribution in [2.45, 2.75) is 33.0 Å². The number of likely N-dealkylation sites (N-methyl/N-ethyl adjacent to an activating group) is 1. The molecule has 176 valence electrons. The van der Waals surface area contributed by atoms with Crippen LogP contribution >= 0.6 is 0 Å². The summed E-state index contributed by atoms with van der Waals surface area (Å²) in [4.78, 5) is 38.3. The van der Waals surface area contributed by atoms with Gasteiger partial charge in [-0.3, -0.25) is 19.5 Å². The van der Waals surface area contributed by atoms with Crippen LogP contribution in [0.25, 0.3) is 5.70 Å². The summed E-state index contributed by atoms with van der Waals surface area (Å²) in [7, 11) is 1.70. The molecule has 3 amide bonds. The molecule has 0 saturated carbocycles. The van der Waals surface area contributed by atoms with Crippen LogP contribution in [-0.2, 0) is 9.53 Å². The number of fused-ring (bicyclic) bond motifs is 3. The van der Waals surface area contributed by atoms with Gasteiger partial charge in [0.25, 0.3) is 5.91 Å². The summed E-state index contributed by atoms with van der Waals surface area (Å²) in [6.45, 7) is 7.12. The van der Waals surface area contributed by atoms with Crippen molar-refractivity contribution < 1.29 is 14.3 Å². The zero-order valence-electron chi connectivity index (χ0n) is 19.9. The number of nitrogens with zero attached hydrogens (tertiary/aromatic N) is 5.